The lowest BCUT2D eigenvalue weighted by molar-refractivity contribution is -0.129. The number of halogens is 3. The van der Waals surface area contributed by atoms with Gasteiger partial charge in [0.05, 0.1) is 5.69 Å². The van der Waals surface area contributed by atoms with E-state index in [0.717, 1.165) is 24.8 Å². The number of carbonyl (C=O) groups excluding carboxylic acids is 1. The summed E-state index contributed by atoms with van der Waals surface area (Å²) in [6.45, 7) is 0.540. The van der Waals surface area contributed by atoms with Gasteiger partial charge in [0.15, 0.2) is 0 Å². The Hall–Kier alpha value is -2.03. The molecule has 1 saturated heterocycles. The smallest absolute Gasteiger partial charge is 0.335 e. The van der Waals surface area contributed by atoms with Crippen molar-refractivity contribution in [2.24, 2.45) is 5.92 Å². The lowest BCUT2D eigenvalue weighted by Crippen LogP contribution is -2.37. The monoisotopic (exact) mass is 416 g/mol. The number of amides is 1. The predicted molar refractivity (Wildman–Crippen MR) is 99.7 cm³/mol. The zero-order valence-electron chi connectivity index (χ0n) is 15.3. The van der Waals surface area contributed by atoms with E-state index in [1.54, 1.807) is 15.7 Å². The number of hydrogen-bond acceptors (Lipinski definition) is 3. The molecule has 1 heterocycles. The van der Waals surface area contributed by atoms with Crippen LogP contribution in [0.2, 0.25) is 0 Å². The third kappa shape index (κ3) is 4.68. The maximum Gasteiger partial charge on any atom is 0.516 e. The minimum Gasteiger partial charge on any atom is -0.335 e. The number of anilines is 1. The van der Waals surface area contributed by atoms with Gasteiger partial charge in [0.25, 0.3) is 0 Å². The quantitative estimate of drug-likeness (QED) is 0.732. The number of nitrogens with one attached hydrogen (secondary N) is 1. The number of hydrogen-bond donors (Lipinski definition) is 1. The Balaban J connectivity index is 1.77. The Kier molecular flexibility index (Phi) is 6.02. The minimum absolute atomic E-state index is 0.0530. The van der Waals surface area contributed by atoms with E-state index in [1.165, 1.54) is 31.0 Å². The van der Waals surface area contributed by atoms with E-state index in [9.17, 15) is 26.4 Å². The summed E-state index contributed by atoms with van der Waals surface area (Å²) in [5.74, 6) is 0.302. The molecule has 2 aliphatic rings. The van der Waals surface area contributed by atoms with Crippen LogP contribution in [0.1, 0.15) is 44.1 Å². The molecule has 9 heteroatoms. The lowest BCUT2D eigenvalue weighted by Gasteiger charge is -2.30. The molecule has 1 aromatic rings. The van der Waals surface area contributed by atoms with Crippen molar-refractivity contribution in [3.8, 4) is 0 Å². The highest BCUT2D eigenvalue weighted by molar-refractivity contribution is 7.93. The van der Waals surface area contributed by atoms with Gasteiger partial charge >= 0.3 is 15.5 Å². The topological polar surface area (TPSA) is 66.5 Å². The molecule has 0 spiro atoms. The first-order valence-corrected chi connectivity index (χ1v) is 10.8. The van der Waals surface area contributed by atoms with Crippen molar-refractivity contribution in [3.05, 3.63) is 41.5 Å². The summed E-state index contributed by atoms with van der Waals surface area (Å²) in [6, 6.07) is 5.84. The first kappa shape index (κ1) is 20.7. The van der Waals surface area contributed by atoms with Crippen LogP contribution < -0.4 is 4.72 Å². The fourth-order valence-electron chi connectivity index (χ4n) is 3.75. The van der Waals surface area contributed by atoms with Crippen LogP contribution >= 0.6 is 0 Å². The van der Waals surface area contributed by atoms with Gasteiger partial charge < -0.3 is 4.90 Å². The summed E-state index contributed by atoms with van der Waals surface area (Å²) in [7, 11) is -5.52. The molecule has 0 radical (unpaired) electrons. The molecular weight excluding hydrogens is 393 g/mol. The third-order valence-electron chi connectivity index (χ3n) is 5.20. The molecule has 1 saturated carbocycles. The van der Waals surface area contributed by atoms with Gasteiger partial charge in [-0.3, -0.25) is 9.52 Å². The summed E-state index contributed by atoms with van der Waals surface area (Å²) < 4.78 is 62.6. The zero-order chi connectivity index (χ0) is 20.4. The summed E-state index contributed by atoms with van der Waals surface area (Å²) in [5, 5.41) is 0. The van der Waals surface area contributed by atoms with Crippen molar-refractivity contribution in [2.45, 2.75) is 50.6 Å². The molecule has 3 rings (SSSR count). The number of alkyl halides is 3. The molecule has 28 heavy (non-hydrogen) atoms. The minimum atomic E-state index is -5.52. The zero-order valence-corrected chi connectivity index (χ0v) is 16.2. The molecule has 1 aliphatic heterocycles. The number of carbonyl (C=O) groups is 1. The maximum atomic E-state index is 12.8. The summed E-state index contributed by atoms with van der Waals surface area (Å²) in [4.78, 5) is 14.4. The number of sulfonamides is 1. The number of allylic oxidation sites excluding steroid dienone is 1. The largest absolute Gasteiger partial charge is 0.516 e. The van der Waals surface area contributed by atoms with E-state index in [4.69, 9.17) is 0 Å². The first-order valence-electron chi connectivity index (χ1n) is 9.34. The van der Waals surface area contributed by atoms with E-state index in [-0.39, 0.29) is 18.1 Å². The van der Waals surface area contributed by atoms with Crippen LogP contribution in [0, 0.1) is 5.92 Å². The normalized spacial score (nSPS) is 20.8. The molecule has 0 atom stereocenters. The Morgan fingerprint density at radius 3 is 2.50 bits per heavy atom. The fourth-order valence-corrected chi connectivity index (χ4v) is 4.36. The lowest BCUT2D eigenvalue weighted by atomic mass is 9.97. The van der Waals surface area contributed by atoms with Crippen molar-refractivity contribution in [3.63, 3.8) is 0 Å². The number of rotatable bonds is 5. The highest BCUT2D eigenvalue weighted by atomic mass is 32.2. The second-order valence-corrected chi connectivity index (χ2v) is 8.95. The van der Waals surface area contributed by atoms with Crippen molar-refractivity contribution >= 4 is 21.6 Å². The Labute approximate surface area is 162 Å². The van der Waals surface area contributed by atoms with Crippen LogP contribution in [0.5, 0.6) is 0 Å². The van der Waals surface area contributed by atoms with Gasteiger partial charge in [0.1, 0.15) is 0 Å². The Morgan fingerprint density at radius 2 is 1.82 bits per heavy atom. The number of piperidine rings is 1. The molecule has 1 aliphatic carbocycles. The van der Waals surface area contributed by atoms with Crippen LogP contribution in [-0.2, 0) is 21.4 Å². The van der Waals surface area contributed by atoms with Crippen molar-refractivity contribution < 1.29 is 26.4 Å². The van der Waals surface area contributed by atoms with Gasteiger partial charge in [-0.05, 0) is 43.2 Å². The van der Waals surface area contributed by atoms with Gasteiger partial charge in [0.2, 0.25) is 5.91 Å². The molecular formula is C19H23F3N2O3S. The van der Waals surface area contributed by atoms with Gasteiger partial charge in [-0.15, -0.1) is 0 Å². The Morgan fingerprint density at radius 1 is 1.14 bits per heavy atom. The van der Waals surface area contributed by atoms with Crippen molar-refractivity contribution in [1.29, 1.82) is 0 Å². The van der Waals surface area contributed by atoms with Crippen LogP contribution in [-0.4, -0.2) is 31.3 Å². The predicted octanol–water partition coefficient (Wildman–Crippen LogP) is 4.19. The molecule has 154 valence electrons. The molecule has 1 amide bonds. The van der Waals surface area contributed by atoms with E-state index >= 15 is 0 Å². The van der Waals surface area contributed by atoms with Crippen molar-refractivity contribution in [2.75, 3.05) is 11.3 Å². The standard InChI is InChI=1S/C19H23F3N2O3S/c20-19(21,22)28(26,27)23-17-10-4-3-8-16(17)13-24-11-5-9-15(18(24)25)12-14-6-1-2-7-14/h3-4,8,10,12,14,23H,1-2,5-7,9,11,13H2/b15-12+. The van der Waals surface area contributed by atoms with Gasteiger partial charge in [0, 0.05) is 18.7 Å². The molecule has 0 unspecified atom stereocenters. The second-order valence-electron chi connectivity index (χ2n) is 7.28. The van der Waals surface area contributed by atoms with E-state index in [0.29, 0.717) is 24.4 Å². The van der Waals surface area contributed by atoms with Crippen LogP contribution in [0.3, 0.4) is 0 Å². The molecule has 0 aromatic heterocycles. The van der Waals surface area contributed by atoms with E-state index in [1.807, 2.05) is 0 Å². The summed E-state index contributed by atoms with van der Waals surface area (Å²) >= 11 is 0. The number of para-hydroxylation sites is 1. The van der Waals surface area contributed by atoms with E-state index < -0.39 is 15.5 Å². The molecule has 1 N–H and O–H groups in total. The Bertz CT molecular complexity index is 859. The highest BCUT2D eigenvalue weighted by Gasteiger charge is 2.46. The number of nitrogens with zero attached hydrogens (tertiary/aromatic N) is 1. The first-order chi connectivity index (χ1) is 13.2. The summed E-state index contributed by atoms with van der Waals surface area (Å²) in [5.41, 5.74) is -4.49. The number of likely N-dealkylation sites (tertiary alicyclic amines) is 1. The van der Waals surface area contributed by atoms with Crippen LogP contribution in [0.15, 0.2) is 35.9 Å². The SMILES string of the molecule is O=C1/C(=C/C2CCCC2)CCCN1Cc1ccccc1NS(=O)(=O)C(F)(F)F. The van der Waals surface area contributed by atoms with Crippen molar-refractivity contribution in [1.82, 2.24) is 4.90 Å². The van der Waals surface area contributed by atoms with Gasteiger partial charge in [-0.25, -0.2) is 0 Å². The van der Waals surface area contributed by atoms with Crippen LogP contribution in [0.4, 0.5) is 18.9 Å². The number of benzene rings is 1. The average molecular weight is 416 g/mol. The maximum absolute atomic E-state index is 12.8. The molecule has 2 fully saturated rings. The van der Waals surface area contributed by atoms with E-state index in [2.05, 4.69) is 6.08 Å². The average Bonchev–Trinajstić information content (AvgIpc) is 3.12. The highest BCUT2D eigenvalue weighted by Crippen LogP contribution is 2.31. The van der Waals surface area contributed by atoms with Gasteiger partial charge in [-0.2, -0.15) is 21.6 Å². The van der Waals surface area contributed by atoms with Crippen LogP contribution in [0.25, 0.3) is 0 Å². The molecule has 5 nitrogen and oxygen atoms in total. The molecule has 1 aromatic carbocycles. The third-order valence-corrected chi connectivity index (χ3v) is 6.30. The summed E-state index contributed by atoms with van der Waals surface area (Å²) in [6.07, 6.45) is 8.03. The second kappa shape index (κ2) is 8.14. The fraction of sp³-hybridized carbons (Fsp3) is 0.526. The molecule has 0 bridgehead atoms. The van der Waals surface area contributed by atoms with Gasteiger partial charge in [-0.1, -0.05) is 37.1 Å².